The van der Waals surface area contributed by atoms with Crippen molar-refractivity contribution in [2.75, 3.05) is 23.3 Å². The van der Waals surface area contributed by atoms with Crippen LogP contribution in [0.4, 0.5) is 11.5 Å². The minimum Gasteiger partial charge on any atom is -0.357 e. The second kappa shape index (κ2) is 7.19. The zero-order chi connectivity index (χ0) is 18.8. The molecule has 0 aliphatic carbocycles. The van der Waals surface area contributed by atoms with Crippen molar-refractivity contribution in [3.8, 4) is 0 Å². The monoisotopic (exact) mass is 356 g/mol. The third-order valence-corrected chi connectivity index (χ3v) is 4.90. The molecule has 0 radical (unpaired) electrons. The molecule has 3 rings (SSSR count). The number of nitrogens with one attached hydrogen (secondary N) is 1. The first-order valence-electron chi connectivity index (χ1n) is 8.76. The lowest BCUT2D eigenvalue weighted by Gasteiger charge is -2.34. The Morgan fingerprint density at radius 1 is 1.15 bits per heavy atom. The van der Waals surface area contributed by atoms with Gasteiger partial charge in [-0.2, -0.15) is 0 Å². The lowest BCUT2D eigenvalue weighted by atomic mass is 9.97. The highest BCUT2D eigenvalue weighted by molar-refractivity contribution is 5.93. The molecule has 7 heteroatoms. The Hall–Kier alpha value is -2.83. The van der Waals surface area contributed by atoms with Gasteiger partial charge < -0.3 is 10.2 Å². The zero-order valence-corrected chi connectivity index (χ0v) is 15.4. The minimum absolute atomic E-state index is 0.0332. The van der Waals surface area contributed by atoms with Gasteiger partial charge in [-0.25, -0.2) is 4.79 Å². The maximum Gasteiger partial charge on any atom is 0.332 e. The Kier molecular flexibility index (Phi) is 4.97. The summed E-state index contributed by atoms with van der Waals surface area (Å²) in [7, 11) is 3.11. The Morgan fingerprint density at radius 2 is 1.92 bits per heavy atom. The van der Waals surface area contributed by atoms with Gasteiger partial charge in [0.25, 0.3) is 5.56 Å². The van der Waals surface area contributed by atoms with Gasteiger partial charge in [-0.3, -0.25) is 18.7 Å². The van der Waals surface area contributed by atoms with Gasteiger partial charge in [0.1, 0.15) is 5.82 Å². The number of rotatable bonds is 3. The number of benzene rings is 1. The molecule has 138 valence electrons. The number of aromatic nitrogens is 2. The van der Waals surface area contributed by atoms with Gasteiger partial charge in [0.2, 0.25) is 5.91 Å². The SMILES string of the molecule is Cc1cccc(NC(=O)[C@H]2CCCN(c3cc(=O)n(C)c(=O)n3C)C2)c1. The molecule has 1 aromatic carbocycles. The first-order chi connectivity index (χ1) is 12.4. The number of carbonyl (C=O) groups excluding carboxylic acids is 1. The average Bonchev–Trinajstić information content (AvgIpc) is 2.63. The van der Waals surface area contributed by atoms with Crippen molar-refractivity contribution in [2.45, 2.75) is 19.8 Å². The molecule has 26 heavy (non-hydrogen) atoms. The van der Waals surface area contributed by atoms with E-state index in [1.54, 1.807) is 7.05 Å². The Labute approximate surface area is 151 Å². The molecular formula is C19H24N4O3. The van der Waals surface area contributed by atoms with Crippen LogP contribution in [0.25, 0.3) is 0 Å². The number of hydrogen-bond acceptors (Lipinski definition) is 4. The van der Waals surface area contributed by atoms with Crippen LogP contribution in [0, 0.1) is 12.8 Å². The molecule has 0 bridgehead atoms. The Bertz CT molecular complexity index is 945. The van der Waals surface area contributed by atoms with E-state index in [1.807, 2.05) is 36.1 Å². The van der Waals surface area contributed by atoms with Gasteiger partial charge in [-0.1, -0.05) is 12.1 Å². The van der Waals surface area contributed by atoms with E-state index in [2.05, 4.69) is 5.32 Å². The summed E-state index contributed by atoms with van der Waals surface area (Å²) in [6.45, 7) is 3.18. The van der Waals surface area contributed by atoms with Gasteiger partial charge >= 0.3 is 5.69 Å². The average molecular weight is 356 g/mol. The van der Waals surface area contributed by atoms with Crippen molar-refractivity contribution in [1.82, 2.24) is 9.13 Å². The minimum atomic E-state index is -0.362. The van der Waals surface area contributed by atoms with Crippen LogP contribution in [-0.4, -0.2) is 28.1 Å². The Morgan fingerprint density at radius 3 is 2.65 bits per heavy atom. The van der Waals surface area contributed by atoms with E-state index in [9.17, 15) is 14.4 Å². The van der Waals surface area contributed by atoms with Gasteiger partial charge in [0.15, 0.2) is 0 Å². The van der Waals surface area contributed by atoms with Gasteiger partial charge in [0, 0.05) is 38.9 Å². The van der Waals surface area contributed by atoms with Crippen LogP contribution in [0.3, 0.4) is 0 Å². The molecule has 0 saturated carbocycles. The summed E-state index contributed by atoms with van der Waals surface area (Å²) < 4.78 is 2.54. The van der Waals surface area contributed by atoms with Crippen molar-refractivity contribution in [1.29, 1.82) is 0 Å². The van der Waals surface area contributed by atoms with Crippen LogP contribution >= 0.6 is 0 Å². The molecule has 7 nitrogen and oxygen atoms in total. The van der Waals surface area contributed by atoms with E-state index in [4.69, 9.17) is 0 Å². The van der Waals surface area contributed by atoms with Crippen molar-refractivity contribution >= 4 is 17.4 Å². The smallest absolute Gasteiger partial charge is 0.332 e. The molecule has 1 aromatic heterocycles. The maximum atomic E-state index is 12.7. The lowest BCUT2D eigenvalue weighted by molar-refractivity contribution is -0.120. The molecule has 1 aliphatic heterocycles. The maximum absolute atomic E-state index is 12.7. The third-order valence-electron chi connectivity index (χ3n) is 4.90. The molecule has 1 fully saturated rings. The second-order valence-electron chi connectivity index (χ2n) is 6.89. The topological polar surface area (TPSA) is 76.3 Å². The quantitative estimate of drug-likeness (QED) is 0.898. The van der Waals surface area contributed by atoms with E-state index in [0.717, 1.165) is 28.7 Å². The highest BCUT2D eigenvalue weighted by Gasteiger charge is 2.27. The third kappa shape index (κ3) is 3.56. The number of nitrogens with zero attached hydrogens (tertiary/aromatic N) is 3. The zero-order valence-electron chi connectivity index (χ0n) is 15.4. The summed E-state index contributed by atoms with van der Waals surface area (Å²) in [5, 5.41) is 2.97. The molecule has 1 saturated heterocycles. The number of carbonyl (C=O) groups is 1. The number of aryl methyl sites for hydroxylation is 1. The normalized spacial score (nSPS) is 17.2. The summed E-state index contributed by atoms with van der Waals surface area (Å²) in [5.41, 5.74) is 1.17. The van der Waals surface area contributed by atoms with Crippen LogP contribution in [0.5, 0.6) is 0 Å². The van der Waals surface area contributed by atoms with E-state index in [1.165, 1.54) is 17.7 Å². The van der Waals surface area contributed by atoms with Gasteiger partial charge in [0.05, 0.1) is 5.92 Å². The molecule has 2 heterocycles. The number of amides is 1. The molecule has 1 amide bonds. The molecule has 2 aromatic rings. The van der Waals surface area contributed by atoms with Crippen LogP contribution in [0.15, 0.2) is 39.9 Å². The van der Waals surface area contributed by atoms with Crippen LogP contribution in [0.1, 0.15) is 18.4 Å². The van der Waals surface area contributed by atoms with Crippen LogP contribution < -0.4 is 21.5 Å². The summed E-state index contributed by atoms with van der Waals surface area (Å²) in [5.74, 6) is 0.337. The fourth-order valence-electron chi connectivity index (χ4n) is 3.39. The molecule has 1 atom stereocenters. The first kappa shape index (κ1) is 18.0. The number of anilines is 2. The van der Waals surface area contributed by atoms with Crippen molar-refractivity contribution < 1.29 is 4.79 Å². The Balaban J connectivity index is 1.78. The summed E-state index contributed by atoms with van der Waals surface area (Å²) in [6.07, 6.45) is 1.61. The predicted molar refractivity (Wildman–Crippen MR) is 102 cm³/mol. The standard InChI is InChI=1S/C19H24N4O3/c1-13-6-4-8-15(10-13)20-18(25)14-7-5-9-23(12-14)16-11-17(24)22(3)19(26)21(16)2/h4,6,8,10-11,14H,5,7,9,12H2,1-3H3,(H,20,25)/t14-/m0/s1. The number of piperidine rings is 1. The van der Waals surface area contributed by atoms with Crippen molar-refractivity contribution in [2.24, 2.45) is 20.0 Å². The molecule has 1 N–H and O–H groups in total. The van der Waals surface area contributed by atoms with Crippen molar-refractivity contribution in [3.63, 3.8) is 0 Å². The van der Waals surface area contributed by atoms with E-state index in [0.29, 0.717) is 18.9 Å². The first-order valence-corrected chi connectivity index (χ1v) is 8.76. The summed E-state index contributed by atoms with van der Waals surface area (Å²) in [6, 6.07) is 9.16. The molecule has 0 unspecified atom stereocenters. The molecule has 1 aliphatic rings. The fourth-order valence-corrected chi connectivity index (χ4v) is 3.39. The predicted octanol–water partition coefficient (Wildman–Crippen LogP) is 1.25. The van der Waals surface area contributed by atoms with E-state index >= 15 is 0 Å². The summed E-state index contributed by atoms with van der Waals surface area (Å²) >= 11 is 0. The molecule has 0 spiro atoms. The van der Waals surface area contributed by atoms with E-state index < -0.39 is 0 Å². The van der Waals surface area contributed by atoms with Crippen LogP contribution in [-0.2, 0) is 18.9 Å². The largest absolute Gasteiger partial charge is 0.357 e. The summed E-state index contributed by atoms with van der Waals surface area (Å²) in [4.78, 5) is 38.8. The lowest BCUT2D eigenvalue weighted by Crippen LogP contribution is -2.45. The second-order valence-corrected chi connectivity index (χ2v) is 6.89. The fraction of sp³-hybridized carbons (Fsp3) is 0.421. The highest BCUT2D eigenvalue weighted by Crippen LogP contribution is 2.23. The van der Waals surface area contributed by atoms with E-state index in [-0.39, 0.29) is 23.1 Å². The van der Waals surface area contributed by atoms with Crippen LogP contribution in [0.2, 0.25) is 0 Å². The van der Waals surface area contributed by atoms with Gasteiger partial charge in [-0.05, 0) is 37.5 Å². The van der Waals surface area contributed by atoms with Crippen molar-refractivity contribution in [3.05, 3.63) is 56.7 Å². The highest BCUT2D eigenvalue weighted by atomic mass is 16.2. The molecular weight excluding hydrogens is 332 g/mol. The van der Waals surface area contributed by atoms with Gasteiger partial charge in [-0.15, -0.1) is 0 Å². The number of hydrogen-bond donors (Lipinski definition) is 1.